The van der Waals surface area contributed by atoms with Crippen LogP contribution in [0.4, 0.5) is 13.2 Å². The first-order chi connectivity index (χ1) is 13.2. The summed E-state index contributed by atoms with van der Waals surface area (Å²) in [5.41, 5.74) is 0.704. The number of halogens is 3. The number of ether oxygens (including phenoxy) is 2. The summed E-state index contributed by atoms with van der Waals surface area (Å²) in [5, 5.41) is 0. The molecule has 0 amide bonds. The number of sulfonamides is 1. The fourth-order valence-electron chi connectivity index (χ4n) is 2.55. The average molecular weight is 417 g/mol. The van der Waals surface area contributed by atoms with Crippen LogP contribution in [0.25, 0.3) is 0 Å². The molecule has 5 nitrogen and oxygen atoms in total. The van der Waals surface area contributed by atoms with Gasteiger partial charge in [0.1, 0.15) is 18.0 Å². The van der Waals surface area contributed by atoms with Crippen LogP contribution in [0, 0.1) is 0 Å². The molecule has 0 aliphatic heterocycles. The van der Waals surface area contributed by atoms with Crippen molar-refractivity contribution in [2.45, 2.75) is 24.4 Å². The molecular weight excluding hydrogens is 395 g/mol. The lowest BCUT2D eigenvalue weighted by atomic mass is 10.1. The van der Waals surface area contributed by atoms with E-state index in [0.29, 0.717) is 28.0 Å². The Morgan fingerprint density at radius 3 is 2.04 bits per heavy atom. The molecule has 0 saturated heterocycles. The van der Waals surface area contributed by atoms with Gasteiger partial charge in [0.25, 0.3) is 0 Å². The standard InChI is InChI=1S/C19H22F3NO4S/c1-3-27-17-8-10-18(11-9-17)28(24,25)23(14-19(20,21)22)13-12-15-4-6-16(26-2)7-5-15/h4-11H,3,12-14H2,1-2H3. The largest absolute Gasteiger partial charge is 0.497 e. The van der Waals surface area contributed by atoms with E-state index in [1.54, 1.807) is 31.2 Å². The van der Waals surface area contributed by atoms with E-state index >= 15 is 0 Å². The van der Waals surface area contributed by atoms with Crippen LogP contribution >= 0.6 is 0 Å². The molecule has 0 radical (unpaired) electrons. The van der Waals surface area contributed by atoms with Gasteiger partial charge in [-0.1, -0.05) is 12.1 Å². The first-order valence-corrected chi connectivity index (χ1v) is 10.0. The highest BCUT2D eigenvalue weighted by Crippen LogP contribution is 2.25. The van der Waals surface area contributed by atoms with Crippen LogP contribution < -0.4 is 9.47 Å². The molecule has 0 aliphatic rings. The summed E-state index contributed by atoms with van der Waals surface area (Å²) < 4.78 is 75.3. The minimum atomic E-state index is -4.65. The Balaban J connectivity index is 2.22. The van der Waals surface area contributed by atoms with E-state index in [1.165, 1.54) is 31.4 Å². The number of benzene rings is 2. The maximum atomic E-state index is 13.0. The zero-order valence-electron chi connectivity index (χ0n) is 15.6. The van der Waals surface area contributed by atoms with E-state index < -0.39 is 22.7 Å². The van der Waals surface area contributed by atoms with Gasteiger partial charge in [-0.25, -0.2) is 8.42 Å². The van der Waals surface area contributed by atoms with Crippen LogP contribution in [0.1, 0.15) is 12.5 Å². The molecule has 0 aliphatic carbocycles. The molecule has 9 heteroatoms. The van der Waals surface area contributed by atoms with Crippen LogP contribution in [-0.4, -0.2) is 45.7 Å². The van der Waals surface area contributed by atoms with Crippen molar-refractivity contribution in [3.05, 3.63) is 54.1 Å². The van der Waals surface area contributed by atoms with Crippen molar-refractivity contribution in [3.63, 3.8) is 0 Å². The van der Waals surface area contributed by atoms with Gasteiger partial charge in [0.2, 0.25) is 10.0 Å². The lowest BCUT2D eigenvalue weighted by molar-refractivity contribution is -0.136. The van der Waals surface area contributed by atoms with Crippen molar-refractivity contribution in [1.29, 1.82) is 0 Å². The van der Waals surface area contributed by atoms with Crippen molar-refractivity contribution >= 4 is 10.0 Å². The number of hydrogen-bond donors (Lipinski definition) is 0. The third kappa shape index (κ3) is 6.13. The summed E-state index contributed by atoms with van der Waals surface area (Å²) in [6, 6.07) is 12.1. The van der Waals surface area contributed by atoms with Gasteiger partial charge >= 0.3 is 6.18 Å². The van der Waals surface area contributed by atoms with Crippen LogP contribution in [0.5, 0.6) is 11.5 Å². The number of methoxy groups -OCH3 is 1. The van der Waals surface area contributed by atoms with Gasteiger partial charge in [-0.3, -0.25) is 0 Å². The van der Waals surface area contributed by atoms with E-state index in [9.17, 15) is 21.6 Å². The maximum absolute atomic E-state index is 13.0. The van der Waals surface area contributed by atoms with Gasteiger partial charge in [-0.2, -0.15) is 17.5 Å². The van der Waals surface area contributed by atoms with Crippen LogP contribution in [0.2, 0.25) is 0 Å². The fourth-order valence-corrected chi connectivity index (χ4v) is 3.98. The van der Waals surface area contributed by atoms with Crippen LogP contribution in [-0.2, 0) is 16.4 Å². The smallest absolute Gasteiger partial charge is 0.402 e. The number of nitrogens with zero attached hydrogens (tertiary/aromatic N) is 1. The summed E-state index contributed by atoms with van der Waals surface area (Å²) in [7, 11) is -2.81. The van der Waals surface area contributed by atoms with Gasteiger partial charge < -0.3 is 9.47 Å². The first kappa shape index (κ1) is 22.0. The molecular formula is C19H22F3NO4S. The highest BCUT2D eigenvalue weighted by molar-refractivity contribution is 7.89. The second-order valence-electron chi connectivity index (χ2n) is 5.96. The third-order valence-corrected chi connectivity index (χ3v) is 5.80. The maximum Gasteiger partial charge on any atom is 0.402 e. The topological polar surface area (TPSA) is 55.8 Å². The Hall–Kier alpha value is -2.26. The highest BCUT2D eigenvalue weighted by atomic mass is 32.2. The van der Waals surface area contributed by atoms with Crippen LogP contribution in [0.3, 0.4) is 0 Å². The van der Waals surface area contributed by atoms with Gasteiger partial charge in [0, 0.05) is 6.54 Å². The Labute approximate surface area is 162 Å². The van der Waals surface area contributed by atoms with Gasteiger partial charge in [0.15, 0.2) is 0 Å². The Kier molecular flexibility index (Phi) is 7.31. The normalized spacial score (nSPS) is 12.2. The molecule has 0 aromatic heterocycles. The van der Waals surface area contributed by atoms with Crippen molar-refractivity contribution in [3.8, 4) is 11.5 Å². The van der Waals surface area contributed by atoms with E-state index in [2.05, 4.69) is 0 Å². The predicted octanol–water partition coefficient (Wildman–Crippen LogP) is 3.89. The zero-order chi connectivity index (χ0) is 20.8. The molecule has 0 N–H and O–H groups in total. The van der Waals surface area contributed by atoms with E-state index in [0.717, 1.165) is 0 Å². The number of alkyl halides is 3. The minimum Gasteiger partial charge on any atom is -0.497 e. The Morgan fingerprint density at radius 1 is 0.964 bits per heavy atom. The summed E-state index contributed by atoms with van der Waals surface area (Å²) >= 11 is 0. The SMILES string of the molecule is CCOc1ccc(S(=O)(=O)N(CCc2ccc(OC)cc2)CC(F)(F)F)cc1. The molecule has 0 heterocycles. The van der Waals surface area contributed by atoms with Gasteiger partial charge in [-0.05, 0) is 55.3 Å². The summed E-state index contributed by atoms with van der Waals surface area (Å²) in [4.78, 5) is -0.213. The minimum absolute atomic E-state index is 0.135. The van der Waals surface area contributed by atoms with E-state index in [4.69, 9.17) is 9.47 Å². The summed E-state index contributed by atoms with van der Waals surface area (Å²) in [6.45, 7) is 0.309. The van der Waals surface area contributed by atoms with Gasteiger partial charge in [0.05, 0.1) is 18.6 Å². The summed E-state index contributed by atoms with van der Waals surface area (Å²) in [6.07, 6.45) is -4.52. The molecule has 0 saturated carbocycles. The number of hydrogen-bond acceptors (Lipinski definition) is 4. The van der Waals surface area contributed by atoms with E-state index in [1.807, 2.05) is 0 Å². The van der Waals surface area contributed by atoms with E-state index in [-0.39, 0.29) is 17.9 Å². The molecule has 0 atom stereocenters. The molecule has 2 aromatic carbocycles. The zero-order valence-corrected chi connectivity index (χ0v) is 16.4. The molecule has 0 spiro atoms. The monoisotopic (exact) mass is 417 g/mol. The second-order valence-corrected chi connectivity index (χ2v) is 7.89. The fraction of sp³-hybridized carbons (Fsp3) is 0.368. The molecule has 28 heavy (non-hydrogen) atoms. The van der Waals surface area contributed by atoms with Crippen molar-refractivity contribution in [2.24, 2.45) is 0 Å². The van der Waals surface area contributed by atoms with Crippen molar-refractivity contribution in [1.82, 2.24) is 4.31 Å². The molecule has 0 fully saturated rings. The predicted molar refractivity (Wildman–Crippen MR) is 99.1 cm³/mol. The highest BCUT2D eigenvalue weighted by Gasteiger charge is 2.36. The van der Waals surface area contributed by atoms with Gasteiger partial charge in [-0.15, -0.1) is 0 Å². The third-order valence-electron chi connectivity index (χ3n) is 3.94. The van der Waals surface area contributed by atoms with Crippen molar-refractivity contribution < 1.29 is 31.1 Å². The lowest BCUT2D eigenvalue weighted by Crippen LogP contribution is -2.40. The molecule has 2 aromatic rings. The quantitative estimate of drug-likeness (QED) is 0.621. The summed E-state index contributed by atoms with van der Waals surface area (Å²) in [5.74, 6) is 1.06. The van der Waals surface area contributed by atoms with Crippen molar-refractivity contribution in [2.75, 3.05) is 26.8 Å². The molecule has 154 valence electrons. The molecule has 0 bridgehead atoms. The number of rotatable bonds is 9. The first-order valence-electron chi connectivity index (χ1n) is 8.58. The van der Waals surface area contributed by atoms with Crippen LogP contribution in [0.15, 0.2) is 53.4 Å². The average Bonchev–Trinajstić information content (AvgIpc) is 2.65. The Morgan fingerprint density at radius 2 is 1.54 bits per heavy atom. The lowest BCUT2D eigenvalue weighted by Gasteiger charge is -2.23. The molecule has 0 unspecified atom stereocenters. The molecule has 2 rings (SSSR count). The Bertz CT molecular complexity index is 850. The second kappa shape index (κ2) is 9.29.